The van der Waals surface area contributed by atoms with Gasteiger partial charge in [-0.3, -0.25) is 0 Å². The Bertz CT molecular complexity index is 89.3. The van der Waals surface area contributed by atoms with Crippen LogP contribution in [-0.4, -0.2) is 18.0 Å². The maximum absolute atomic E-state index is 9.50. The van der Waals surface area contributed by atoms with Gasteiger partial charge in [-0.15, -0.1) is 0 Å². The van der Waals surface area contributed by atoms with E-state index in [9.17, 15) is 5.11 Å². The van der Waals surface area contributed by atoms with Crippen LogP contribution in [-0.2, 0) is 4.74 Å². The van der Waals surface area contributed by atoms with Crippen molar-refractivity contribution in [3.05, 3.63) is 0 Å². The maximum atomic E-state index is 9.50. The molecule has 0 rings (SSSR count). The van der Waals surface area contributed by atoms with Crippen molar-refractivity contribution < 1.29 is 9.84 Å². The van der Waals surface area contributed by atoms with Crippen molar-refractivity contribution in [2.45, 2.75) is 39.4 Å². The van der Waals surface area contributed by atoms with Crippen molar-refractivity contribution >= 4 is 0 Å². The second kappa shape index (κ2) is 3.94. The molecule has 0 aliphatic rings. The van der Waals surface area contributed by atoms with Gasteiger partial charge in [0.25, 0.3) is 0 Å². The van der Waals surface area contributed by atoms with Gasteiger partial charge in [-0.25, -0.2) is 0 Å². The lowest BCUT2D eigenvalue weighted by atomic mass is 9.97. The van der Waals surface area contributed by atoms with Gasteiger partial charge in [0.15, 0.2) is 5.79 Å². The zero-order valence-corrected chi connectivity index (χ0v) is 7.35. The predicted molar refractivity (Wildman–Crippen MR) is 41.7 cm³/mol. The summed E-state index contributed by atoms with van der Waals surface area (Å²) in [6.07, 6.45) is 2.08. The highest BCUT2D eigenvalue weighted by Gasteiger charge is 2.26. The first-order chi connectivity index (χ1) is 4.54. The van der Waals surface area contributed by atoms with E-state index in [0.717, 1.165) is 12.8 Å². The lowest BCUT2D eigenvalue weighted by Crippen LogP contribution is -2.34. The number of aliphatic hydroxyl groups is 1. The molecular formula is C8H18O2. The van der Waals surface area contributed by atoms with Gasteiger partial charge in [-0.1, -0.05) is 20.3 Å². The molecular weight excluding hydrogens is 128 g/mol. The van der Waals surface area contributed by atoms with Crippen molar-refractivity contribution in [3.8, 4) is 0 Å². The lowest BCUT2D eigenvalue weighted by molar-refractivity contribution is -0.204. The Morgan fingerprint density at radius 1 is 1.60 bits per heavy atom. The third-order valence-electron chi connectivity index (χ3n) is 2.05. The molecule has 62 valence electrons. The van der Waals surface area contributed by atoms with Crippen molar-refractivity contribution in [1.82, 2.24) is 0 Å². The van der Waals surface area contributed by atoms with Gasteiger partial charge >= 0.3 is 0 Å². The minimum absolute atomic E-state index is 0.211. The molecule has 2 heteroatoms. The van der Waals surface area contributed by atoms with Crippen LogP contribution in [0.5, 0.6) is 0 Å². The molecule has 2 unspecified atom stereocenters. The van der Waals surface area contributed by atoms with Gasteiger partial charge in [0.2, 0.25) is 0 Å². The molecule has 0 bridgehead atoms. The van der Waals surface area contributed by atoms with E-state index >= 15 is 0 Å². The molecule has 0 fully saturated rings. The van der Waals surface area contributed by atoms with Crippen LogP contribution in [0.15, 0.2) is 0 Å². The highest BCUT2D eigenvalue weighted by molar-refractivity contribution is 4.67. The molecule has 0 aromatic carbocycles. The van der Waals surface area contributed by atoms with Crippen LogP contribution >= 0.6 is 0 Å². The summed E-state index contributed by atoms with van der Waals surface area (Å²) in [7, 11) is 1.53. The van der Waals surface area contributed by atoms with Gasteiger partial charge in [0.05, 0.1) is 0 Å². The van der Waals surface area contributed by atoms with E-state index in [-0.39, 0.29) is 5.92 Å². The van der Waals surface area contributed by atoms with E-state index < -0.39 is 5.79 Å². The molecule has 0 heterocycles. The fraction of sp³-hybridized carbons (Fsp3) is 1.00. The molecule has 0 radical (unpaired) electrons. The fourth-order valence-corrected chi connectivity index (χ4v) is 0.902. The van der Waals surface area contributed by atoms with E-state index in [1.165, 1.54) is 7.11 Å². The Morgan fingerprint density at radius 2 is 2.10 bits per heavy atom. The van der Waals surface area contributed by atoms with Crippen molar-refractivity contribution in [3.63, 3.8) is 0 Å². The number of ether oxygens (including phenoxy) is 1. The van der Waals surface area contributed by atoms with E-state index in [1.807, 2.05) is 6.92 Å². The molecule has 2 nitrogen and oxygen atoms in total. The van der Waals surface area contributed by atoms with Crippen molar-refractivity contribution in [2.75, 3.05) is 7.11 Å². The largest absolute Gasteiger partial charge is 0.365 e. The van der Waals surface area contributed by atoms with Crippen LogP contribution < -0.4 is 0 Å². The summed E-state index contributed by atoms with van der Waals surface area (Å²) in [5.74, 6) is -0.738. The number of rotatable bonds is 4. The third kappa shape index (κ3) is 2.67. The summed E-state index contributed by atoms with van der Waals surface area (Å²) in [6.45, 7) is 5.79. The second-order valence-corrected chi connectivity index (χ2v) is 2.95. The van der Waals surface area contributed by atoms with Crippen LogP contribution in [0.2, 0.25) is 0 Å². The monoisotopic (exact) mass is 146 g/mol. The molecule has 2 atom stereocenters. The molecule has 0 aromatic rings. The fourth-order valence-electron chi connectivity index (χ4n) is 0.902. The Balaban J connectivity index is 3.78. The SMILES string of the molecule is CCCC(C)C(C)(O)OC. The third-order valence-corrected chi connectivity index (χ3v) is 2.05. The minimum atomic E-state index is -0.948. The molecule has 0 saturated carbocycles. The van der Waals surface area contributed by atoms with E-state index in [4.69, 9.17) is 4.74 Å². The summed E-state index contributed by atoms with van der Waals surface area (Å²) >= 11 is 0. The van der Waals surface area contributed by atoms with Crippen LogP contribution in [0.1, 0.15) is 33.6 Å². The number of hydrogen-bond acceptors (Lipinski definition) is 2. The topological polar surface area (TPSA) is 29.5 Å². The van der Waals surface area contributed by atoms with Crippen molar-refractivity contribution in [1.29, 1.82) is 0 Å². The summed E-state index contributed by atoms with van der Waals surface area (Å²) in [5, 5.41) is 9.50. The molecule has 1 N–H and O–H groups in total. The van der Waals surface area contributed by atoms with Gasteiger partial charge in [-0.2, -0.15) is 0 Å². The number of hydrogen-bond donors (Lipinski definition) is 1. The molecule has 0 aliphatic carbocycles. The quantitative estimate of drug-likeness (QED) is 0.612. The van der Waals surface area contributed by atoms with Crippen LogP contribution in [0.4, 0.5) is 0 Å². The highest BCUT2D eigenvalue weighted by atomic mass is 16.6. The first kappa shape index (κ1) is 9.92. The van der Waals surface area contributed by atoms with Crippen LogP contribution in [0.25, 0.3) is 0 Å². The zero-order chi connectivity index (χ0) is 8.20. The summed E-state index contributed by atoms with van der Waals surface area (Å²) < 4.78 is 4.91. The molecule has 0 aliphatic heterocycles. The molecule has 0 aromatic heterocycles. The summed E-state index contributed by atoms with van der Waals surface area (Å²) in [5.41, 5.74) is 0. The van der Waals surface area contributed by atoms with E-state index in [1.54, 1.807) is 6.92 Å². The summed E-state index contributed by atoms with van der Waals surface area (Å²) in [6, 6.07) is 0. The van der Waals surface area contributed by atoms with Crippen LogP contribution in [0, 0.1) is 5.92 Å². The first-order valence-electron chi connectivity index (χ1n) is 3.82. The molecule has 0 spiro atoms. The standard InChI is InChI=1S/C8H18O2/c1-5-6-7(2)8(3,9)10-4/h7,9H,5-6H2,1-4H3. The lowest BCUT2D eigenvalue weighted by Gasteiger charge is -2.28. The predicted octanol–water partition coefficient (Wildman–Crippen LogP) is 1.78. The first-order valence-corrected chi connectivity index (χ1v) is 3.82. The van der Waals surface area contributed by atoms with Gasteiger partial charge in [0, 0.05) is 13.0 Å². The average Bonchev–Trinajstić information content (AvgIpc) is 1.89. The average molecular weight is 146 g/mol. The van der Waals surface area contributed by atoms with Gasteiger partial charge < -0.3 is 9.84 Å². The Morgan fingerprint density at radius 3 is 2.40 bits per heavy atom. The summed E-state index contributed by atoms with van der Waals surface area (Å²) in [4.78, 5) is 0. The van der Waals surface area contributed by atoms with Crippen LogP contribution in [0.3, 0.4) is 0 Å². The molecule has 10 heavy (non-hydrogen) atoms. The molecule has 0 amide bonds. The van der Waals surface area contributed by atoms with E-state index in [2.05, 4.69) is 6.92 Å². The Kier molecular flexibility index (Phi) is 3.91. The van der Waals surface area contributed by atoms with Gasteiger partial charge in [-0.05, 0) is 13.3 Å². The normalized spacial score (nSPS) is 20.1. The zero-order valence-electron chi connectivity index (χ0n) is 7.35. The van der Waals surface area contributed by atoms with E-state index in [0.29, 0.717) is 0 Å². The Labute approximate surface area is 63.2 Å². The van der Waals surface area contributed by atoms with Crippen molar-refractivity contribution in [2.24, 2.45) is 5.92 Å². The number of methoxy groups -OCH3 is 1. The Hall–Kier alpha value is -0.0800. The maximum Gasteiger partial charge on any atom is 0.164 e. The second-order valence-electron chi connectivity index (χ2n) is 2.95. The van der Waals surface area contributed by atoms with Gasteiger partial charge in [0.1, 0.15) is 0 Å². The minimum Gasteiger partial charge on any atom is -0.365 e. The smallest absolute Gasteiger partial charge is 0.164 e. The highest BCUT2D eigenvalue weighted by Crippen LogP contribution is 2.21. The molecule has 0 saturated heterocycles.